The Morgan fingerprint density at radius 1 is 1.21 bits per heavy atom. The highest BCUT2D eigenvalue weighted by atomic mass is 35.5. The molecule has 0 radical (unpaired) electrons. The van der Waals surface area contributed by atoms with Crippen LogP contribution in [0.5, 0.6) is 0 Å². The van der Waals surface area contributed by atoms with Crippen LogP contribution in [0.25, 0.3) is 0 Å². The SMILES string of the molecule is O=C(CCc1cc(Cl)cs1)N1CCN(S(=O)(=O)c2ccccc2[N+](=O)[O-])CC1. The maximum Gasteiger partial charge on any atom is 0.289 e. The summed E-state index contributed by atoms with van der Waals surface area (Å²) in [5.74, 6) is -0.0488. The van der Waals surface area contributed by atoms with Crippen LogP contribution in [0.1, 0.15) is 11.3 Å². The van der Waals surface area contributed by atoms with Gasteiger partial charge in [0.2, 0.25) is 15.9 Å². The minimum absolute atomic E-state index is 0.0488. The normalized spacial score (nSPS) is 15.5. The third kappa shape index (κ3) is 4.52. The molecule has 1 aromatic carbocycles. The van der Waals surface area contributed by atoms with Crippen LogP contribution in [0.15, 0.2) is 40.6 Å². The first-order valence-corrected chi connectivity index (χ1v) is 11.2. The van der Waals surface area contributed by atoms with E-state index in [2.05, 4.69) is 0 Å². The number of amides is 1. The summed E-state index contributed by atoms with van der Waals surface area (Å²) in [6, 6.07) is 7.11. The number of sulfonamides is 1. The Morgan fingerprint density at radius 2 is 1.89 bits per heavy atom. The molecule has 1 amide bonds. The van der Waals surface area contributed by atoms with Gasteiger partial charge in [0.15, 0.2) is 4.90 Å². The zero-order chi connectivity index (χ0) is 20.3. The first-order valence-electron chi connectivity index (χ1n) is 8.53. The second kappa shape index (κ2) is 8.56. The molecule has 0 N–H and O–H groups in total. The number of nitrogens with zero attached hydrogens (tertiary/aromatic N) is 3. The van der Waals surface area contributed by atoms with Crippen molar-refractivity contribution in [3.8, 4) is 0 Å². The van der Waals surface area contributed by atoms with E-state index in [9.17, 15) is 23.3 Å². The largest absolute Gasteiger partial charge is 0.340 e. The van der Waals surface area contributed by atoms with Crippen molar-refractivity contribution in [1.82, 2.24) is 9.21 Å². The molecule has 0 bridgehead atoms. The van der Waals surface area contributed by atoms with Crippen molar-refractivity contribution in [3.63, 3.8) is 0 Å². The molecule has 0 spiro atoms. The van der Waals surface area contributed by atoms with Crippen LogP contribution in [0, 0.1) is 10.1 Å². The molecule has 1 fully saturated rings. The highest BCUT2D eigenvalue weighted by Crippen LogP contribution is 2.27. The van der Waals surface area contributed by atoms with Gasteiger partial charge in [0.25, 0.3) is 5.69 Å². The molecule has 150 valence electrons. The van der Waals surface area contributed by atoms with E-state index in [4.69, 9.17) is 11.6 Å². The Balaban J connectivity index is 1.61. The van der Waals surface area contributed by atoms with Crippen molar-refractivity contribution in [3.05, 3.63) is 55.7 Å². The van der Waals surface area contributed by atoms with E-state index in [0.29, 0.717) is 17.9 Å². The van der Waals surface area contributed by atoms with Crippen LogP contribution in [-0.4, -0.2) is 54.6 Å². The summed E-state index contributed by atoms with van der Waals surface area (Å²) in [4.78, 5) is 25.2. The average Bonchev–Trinajstić information content (AvgIpc) is 3.11. The van der Waals surface area contributed by atoms with E-state index in [1.807, 2.05) is 11.4 Å². The molecule has 1 aromatic heterocycles. The summed E-state index contributed by atoms with van der Waals surface area (Å²) >= 11 is 7.37. The van der Waals surface area contributed by atoms with Crippen LogP contribution >= 0.6 is 22.9 Å². The predicted octanol–water partition coefficient (Wildman–Crippen LogP) is 2.78. The molecule has 8 nitrogen and oxygen atoms in total. The van der Waals surface area contributed by atoms with E-state index < -0.39 is 20.6 Å². The quantitative estimate of drug-likeness (QED) is 0.504. The molecule has 0 aliphatic carbocycles. The standard InChI is InChI=1S/C17H18ClN3O5S2/c18-13-11-14(27-12-13)5-6-17(22)19-7-9-20(10-8-19)28(25,26)16-4-2-1-3-15(16)21(23)24/h1-4,11-12H,5-10H2. The summed E-state index contributed by atoms with van der Waals surface area (Å²) in [6.07, 6.45) is 0.915. The van der Waals surface area contributed by atoms with Gasteiger partial charge in [-0.25, -0.2) is 8.42 Å². The molecule has 1 saturated heterocycles. The Labute approximate surface area is 171 Å². The van der Waals surface area contributed by atoms with E-state index >= 15 is 0 Å². The number of benzene rings is 1. The van der Waals surface area contributed by atoms with Crippen molar-refractivity contribution in [2.75, 3.05) is 26.2 Å². The fourth-order valence-corrected chi connectivity index (χ4v) is 5.67. The van der Waals surface area contributed by atoms with Crippen molar-refractivity contribution < 1.29 is 18.1 Å². The van der Waals surface area contributed by atoms with Crippen molar-refractivity contribution in [2.24, 2.45) is 0 Å². The number of carbonyl (C=O) groups excluding carboxylic acids is 1. The van der Waals surface area contributed by atoms with Gasteiger partial charge in [-0.15, -0.1) is 11.3 Å². The Bertz CT molecular complexity index is 984. The lowest BCUT2D eigenvalue weighted by molar-refractivity contribution is -0.387. The summed E-state index contributed by atoms with van der Waals surface area (Å²) in [5, 5.41) is 13.6. The fourth-order valence-electron chi connectivity index (χ4n) is 3.02. The molecule has 11 heteroatoms. The lowest BCUT2D eigenvalue weighted by Crippen LogP contribution is -2.50. The number of carbonyl (C=O) groups is 1. The summed E-state index contributed by atoms with van der Waals surface area (Å²) in [7, 11) is -4.00. The maximum atomic E-state index is 12.8. The van der Waals surface area contributed by atoms with E-state index in [1.165, 1.54) is 39.9 Å². The van der Waals surface area contributed by atoms with Crippen molar-refractivity contribution in [2.45, 2.75) is 17.7 Å². The van der Waals surface area contributed by atoms with Crippen LogP contribution in [-0.2, 0) is 21.2 Å². The Morgan fingerprint density at radius 3 is 2.50 bits per heavy atom. The molecular weight excluding hydrogens is 426 g/mol. The smallest absolute Gasteiger partial charge is 0.289 e. The molecule has 0 atom stereocenters. The number of hydrogen-bond acceptors (Lipinski definition) is 6. The number of thiophene rings is 1. The summed E-state index contributed by atoms with van der Waals surface area (Å²) in [6.45, 7) is 0.712. The van der Waals surface area contributed by atoms with Gasteiger partial charge in [-0.1, -0.05) is 23.7 Å². The van der Waals surface area contributed by atoms with Crippen molar-refractivity contribution in [1.29, 1.82) is 0 Å². The number of piperazine rings is 1. The third-order valence-electron chi connectivity index (χ3n) is 4.48. The number of rotatable bonds is 6. The van der Waals surface area contributed by atoms with Crippen LogP contribution in [0.2, 0.25) is 5.02 Å². The predicted molar refractivity (Wildman–Crippen MR) is 106 cm³/mol. The van der Waals surface area contributed by atoms with Gasteiger partial charge < -0.3 is 4.90 Å². The number of nitro benzene ring substituents is 1. The number of nitro groups is 1. The molecule has 28 heavy (non-hydrogen) atoms. The molecular formula is C17H18ClN3O5S2. The van der Waals surface area contributed by atoms with Crippen LogP contribution in [0.3, 0.4) is 0 Å². The molecule has 0 unspecified atom stereocenters. The highest BCUT2D eigenvalue weighted by Gasteiger charge is 2.34. The fraction of sp³-hybridized carbons (Fsp3) is 0.353. The summed E-state index contributed by atoms with van der Waals surface area (Å²) < 4.78 is 26.8. The van der Waals surface area contributed by atoms with Gasteiger partial charge >= 0.3 is 0 Å². The zero-order valence-corrected chi connectivity index (χ0v) is 17.2. The number of hydrogen-bond donors (Lipinski definition) is 0. The van der Waals surface area contributed by atoms with E-state index in [-0.39, 0.29) is 37.0 Å². The first kappa shape index (κ1) is 20.7. The van der Waals surface area contributed by atoms with Crippen molar-refractivity contribution >= 4 is 44.6 Å². The molecule has 1 aliphatic heterocycles. The lowest BCUT2D eigenvalue weighted by atomic mass is 10.2. The minimum atomic E-state index is -4.00. The molecule has 0 saturated carbocycles. The lowest BCUT2D eigenvalue weighted by Gasteiger charge is -2.34. The minimum Gasteiger partial charge on any atom is -0.340 e. The van der Waals surface area contributed by atoms with Gasteiger partial charge in [-0.3, -0.25) is 14.9 Å². The zero-order valence-electron chi connectivity index (χ0n) is 14.8. The molecule has 2 aromatic rings. The first-order chi connectivity index (χ1) is 13.3. The monoisotopic (exact) mass is 443 g/mol. The Kier molecular flexibility index (Phi) is 6.33. The molecule has 3 rings (SSSR count). The van der Waals surface area contributed by atoms with Crippen LogP contribution in [0.4, 0.5) is 5.69 Å². The average molecular weight is 444 g/mol. The van der Waals surface area contributed by atoms with Gasteiger partial charge in [-0.05, 0) is 18.6 Å². The molecule has 1 aliphatic rings. The number of aryl methyl sites for hydroxylation is 1. The van der Waals surface area contributed by atoms with Gasteiger partial charge in [0, 0.05) is 48.9 Å². The second-order valence-corrected chi connectivity index (χ2v) is 9.58. The summed E-state index contributed by atoms with van der Waals surface area (Å²) in [5.41, 5.74) is -0.449. The third-order valence-corrected chi connectivity index (χ3v) is 7.77. The van der Waals surface area contributed by atoms with E-state index in [0.717, 1.165) is 4.88 Å². The van der Waals surface area contributed by atoms with Crippen LogP contribution < -0.4 is 0 Å². The highest BCUT2D eigenvalue weighted by molar-refractivity contribution is 7.89. The number of para-hydroxylation sites is 1. The van der Waals surface area contributed by atoms with E-state index in [1.54, 1.807) is 4.90 Å². The second-order valence-electron chi connectivity index (χ2n) is 6.24. The van der Waals surface area contributed by atoms with Gasteiger partial charge in [0.1, 0.15) is 0 Å². The van der Waals surface area contributed by atoms with Gasteiger partial charge in [0.05, 0.1) is 9.95 Å². The molecule has 2 heterocycles. The topological polar surface area (TPSA) is 101 Å². The number of halogens is 1. The Hall–Kier alpha value is -2.01. The maximum absolute atomic E-state index is 12.8. The van der Waals surface area contributed by atoms with Gasteiger partial charge in [-0.2, -0.15) is 4.31 Å².